The molecular weight excluding hydrogens is 336 g/mol. The van der Waals surface area contributed by atoms with Gasteiger partial charge in [-0.3, -0.25) is 0 Å². The zero-order valence-corrected chi connectivity index (χ0v) is 15.3. The average Bonchev–Trinajstić information content (AvgIpc) is 3.05. The monoisotopic (exact) mass is 358 g/mol. The van der Waals surface area contributed by atoms with E-state index in [1.807, 2.05) is 36.6 Å². The smallest absolute Gasteiger partial charge is 0.175 e. The van der Waals surface area contributed by atoms with Crippen molar-refractivity contribution in [2.45, 2.75) is 37.5 Å². The molecule has 0 aliphatic rings. The molecule has 2 heterocycles. The molecule has 0 atom stereocenters. The maximum atomic E-state index is 5.62. The first-order valence-electron chi connectivity index (χ1n) is 8.37. The van der Waals surface area contributed by atoms with E-state index in [1.165, 1.54) is 5.56 Å². The van der Waals surface area contributed by atoms with Gasteiger partial charge in [-0.15, -0.1) is 0 Å². The Morgan fingerprint density at radius 2 is 1.80 bits per heavy atom. The third-order valence-electron chi connectivity index (χ3n) is 3.64. The number of hydrogen-bond acceptors (Lipinski definition) is 6. The Morgan fingerprint density at radius 1 is 1.04 bits per heavy atom. The number of nitrogens with zero attached hydrogens (tertiary/aromatic N) is 4. The second kappa shape index (κ2) is 8.94. The van der Waals surface area contributed by atoms with Gasteiger partial charge in [0.2, 0.25) is 0 Å². The summed E-state index contributed by atoms with van der Waals surface area (Å²) in [6.07, 6.45) is 3.06. The third kappa shape index (κ3) is 4.56. The molecule has 25 heavy (non-hydrogen) atoms. The second-order valence-corrected chi connectivity index (χ2v) is 6.33. The van der Waals surface area contributed by atoms with E-state index in [4.69, 9.17) is 9.47 Å². The lowest BCUT2D eigenvalue weighted by molar-refractivity contribution is -0.143. The molecule has 1 aromatic carbocycles. The second-order valence-electron chi connectivity index (χ2n) is 5.36. The van der Waals surface area contributed by atoms with Crippen LogP contribution in [0.5, 0.6) is 0 Å². The molecule has 0 bridgehead atoms. The minimum absolute atomic E-state index is 0.303. The van der Waals surface area contributed by atoms with E-state index in [0.717, 1.165) is 21.9 Å². The van der Waals surface area contributed by atoms with Crippen LogP contribution in [0.25, 0.3) is 11.2 Å². The predicted octanol–water partition coefficient (Wildman–Crippen LogP) is 3.52. The first-order valence-corrected chi connectivity index (χ1v) is 9.36. The summed E-state index contributed by atoms with van der Waals surface area (Å²) in [6.45, 7) is 5.67. The van der Waals surface area contributed by atoms with E-state index < -0.39 is 0 Å². The van der Waals surface area contributed by atoms with Gasteiger partial charge >= 0.3 is 0 Å². The largest absolute Gasteiger partial charge is 0.351 e. The van der Waals surface area contributed by atoms with Gasteiger partial charge in [-0.05, 0) is 19.4 Å². The molecule has 0 N–H and O–H groups in total. The summed E-state index contributed by atoms with van der Waals surface area (Å²) in [7, 11) is 0. The molecule has 0 unspecified atom stereocenters. The summed E-state index contributed by atoms with van der Waals surface area (Å²) in [4.78, 5) is 13.3. The molecule has 7 heteroatoms. The van der Waals surface area contributed by atoms with Gasteiger partial charge in [0.1, 0.15) is 16.9 Å². The normalized spacial score (nSPS) is 11.5. The van der Waals surface area contributed by atoms with Crippen LogP contribution in [0.2, 0.25) is 0 Å². The molecule has 6 nitrogen and oxygen atoms in total. The summed E-state index contributed by atoms with van der Waals surface area (Å²) in [5, 5.41) is 0.886. The van der Waals surface area contributed by atoms with Crippen LogP contribution < -0.4 is 0 Å². The van der Waals surface area contributed by atoms with Crippen molar-refractivity contribution in [1.29, 1.82) is 0 Å². The number of aromatic nitrogens is 4. The van der Waals surface area contributed by atoms with Crippen molar-refractivity contribution in [3.05, 3.63) is 48.5 Å². The van der Waals surface area contributed by atoms with E-state index in [9.17, 15) is 0 Å². The first-order chi connectivity index (χ1) is 12.3. The fourth-order valence-corrected chi connectivity index (χ4v) is 3.41. The molecule has 0 fully saturated rings. The Kier molecular flexibility index (Phi) is 6.38. The van der Waals surface area contributed by atoms with Gasteiger partial charge < -0.3 is 14.0 Å². The van der Waals surface area contributed by atoms with Crippen molar-refractivity contribution in [3.8, 4) is 0 Å². The fourth-order valence-electron chi connectivity index (χ4n) is 2.51. The van der Waals surface area contributed by atoms with Crippen LogP contribution in [0.4, 0.5) is 0 Å². The highest BCUT2D eigenvalue weighted by Crippen LogP contribution is 2.26. The molecule has 0 aliphatic heterocycles. The van der Waals surface area contributed by atoms with E-state index >= 15 is 0 Å². The number of imidazole rings is 1. The van der Waals surface area contributed by atoms with Crippen LogP contribution in [0.1, 0.15) is 19.4 Å². The minimum Gasteiger partial charge on any atom is -0.351 e. The highest BCUT2D eigenvalue weighted by molar-refractivity contribution is 7.98. The lowest BCUT2D eigenvalue weighted by Gasteiger charge is -2.17. The number of benzene rings is 1. The lowest BCUT2D eigenvalue weighted by Crippen LogP contribution is -2.23. The van der Waals surface area contributed by atoms with Crippen molar-refractivity contribution in [2.24, 2.45) is 0 Å². The zero-order valence-electron chi connectivity index (χ0n) is 14.5. The Hall–Kier alpha value is -1.96. The molecule has 0 saturated carbocycles. The van der Waals surface area contributed by atoms with Crippen LogP contribution in [0.15, 0.2) is 48.0 Å². The molecule has 3 rings (SSSR count). The van der Waals surface area contributed by atoms with Gasteiger partial charge in [0.25, 0.3) is 0 Å². The summed E-state index contributed by atoms with van der Waals surface area (Å²) in [5.41, 5.74) is 2.87. The quantitative estimate of drug-likeness (QED) is 0.331. The Bertz CT molecular complexity index is 788. The van der Waals surface area contributed by atoms with E-state index in [1.54, 1.807) is 24.4 Å². The summed E-state index contributed by atoms with van der Waals surface area (Å²) in [6, 6.07) is 10.3. The molecule has 0 radical (unpaired) electrons. The van der Waals surface area contributed by atoms with Crippen molar-refractivity contribution in [3.63, 3.8) is 0 Å². The Morgan fingerprint density at radius 3 is 2.52 bits per heavy atom. The SMILES string of the molecule is CCOC(Cn1cnc2c(SCc3ccccc3)ncnc21)OCC. The number of rotatable bonds is 9. The molecule has 3 aromatic rings. The molecule has 132 valence electrons. The van der Waals surface area contributed by atoms with Gasteiger partial charge in [0.05, 0.1) is 12.9 Å². The predicted molar refractivity (Wildman–Crippen MR) is 98.4 cm³/mol. The van der Waals surface area contributed by atoms with Crippen molar-refractivity contribution in [2.75, 3.05) is 13.2 Å². The van der Waals surface area contributed by atoms with Crippen molar-refractivity contribution < 1.29 is 9.47 Å². The van der Waals surface area contributed by atoms with Gasteiger partial charge in [-0.1, -0.05) is 42.1 Å². The van der Waals surface area contributed by atoms with Crippen LogP contribution in [-0.2, 0) is 21.8 Å². The van der Waals surface area contributed by atoms with Crippen LogP contribution in [0.3, 0.4) is 0 Å². The Labute approximate surface area is 151 Å². The summed E-state index contributed by atoms with van der Waals surface area (Å²) >= 11 is 1.67. The van der Waals surface area contributed by atoms with Gasteiger partial charge in [0, 0.05) is 19.0 Å². The number of fused-ring (bicyclic) bond motifs is 1. The maximum Gasteiger partial charge on any atom is 0.175 e. The average molecular weight is 358 g/mol. The number of thioether (sulfide) groups is 1. The van der Waals surface area contributed by atoms with E-state index in [2.05, 4.69) is 27.1 Å². The number of hydrogen-bond donors (Lipinski definition) is 0. The first kappa shape index (κ1) is 17.8. The molecule has 0 spiro atoms. The standard InChI is InChI=1S/C18H22N4O2S/c1-3-23-15(24-4-2)10-22-13-21-16-17(22)19-12-20-18(16)25-11-14-8-6-5-7-9-14/h5-9,12-13,15H,3-4,10-11H2,1-2H3. The Balaban J connectivity index is 1.77. The van der Waals surface area contributed by atoms with Crippen LogP contribution in [-0.4, -0.2) is 39.0 Å². The molecular formula is C18H22N4O2S. The zero-order chi connectivity index (χ0) is 17.5. The highest BCUT2D eigenvalue weighted by atomic mass is 32.2. The maximum absolute atomic E-state index is 5.62. The summed E-state index contributed by atoms with van der Waals surface area (Å²) < 4.78 is 13.2. The number of ether oxygens (including phenoxy) is 2. The third-order valence-corrected chi connectivity index (χ3v) is 4.69. The van der Waals surface area contributed by atoms with Crippen molar-refractivity contribution in [1.82, 2.24) is 19.5 Å². The van der Waals surface area contributed by atoms with Crippen molar-refractivity contribution >= 4 is 22.9 Å². The van der Waals surface area contributed by atoms with Crippen LogP contribution >= 0.6 is 11.8 Å². The highest BCUT2D eigenvalue weighted by Gasteiger charge is 2.15. The fraction of sp³-hybridized carbons (Fsp3) is 0.389. The van der Waals surface area contributed by atoms with Gasteiger partial charge in [0.15, 0.2) is 11.9 Å². The minimum atomic E-state index is -0.303. The molecule has 2 aromatic heterocycles. The van der Waals surface area contributed by atoms with E-state index in [-0.39, 0.29) is 6.29 Å². The lowest BCUT2D eigenvalue weighted by atomic mass is 10.2. The van der Waals surface area contributed by atoms with Gasteiger partial charge in [-0.25, -0.2) is 15.0 Å². The van der Waals surface area contributed by atoms with Crippen LogP contribution in [0, 0.1) is 0 Å². The van der Waals surface area contributed by atoms with Gasteiger partial charge in [-0.2, -0.15) is 0 Å². The molecule has 0 saturated heterocycles. The topological polar surface area (TPSA) is 62.1 Å². The molecule has 0 aliphatic carbocycles. The summed E-state index contributed by atoms with van der Waals surface area (Å²) in [5.74, 6) is 0.848. The molecule has 0 amide bonds. The van der Waals surface area contributed by atoms with E-state index in [0.29, 0.717) is 19.8 Å².